The fraction of sp³-hybridized carbons (Fsp3) is 0.0909. The van der Waals surface area contributed by atoms with Gasteiger partial charge in [0.15, 0.2) is 0 Å². The number of aryl methyl sites for hydroxylation is 1. The van der Waals surface area contributed by atoms with Gasteiger partial charge in [-0.05, 0) is 17.7 Å². The standard InChI is InChI=1S/C11H11FN2/c1-14-6-10(11(13)7-14)8-2-4-9(12)5-3-8/h2-7H,13H2,1H3. The molecule has 0 saturated carbocycles. The second kappa shape index (κ2) is 3.18. The van der Waals surface area contributed by atoms with Crippen LogP contribution in [-0.4, -0.2) is 4.57 Å². The number of nitrogen functional groups attached to an aromatic ring is 1. The normalized spacial score (nSPS) is 10.4. The number of nitrogens with zero attached hydrogens (tertiary/aromatic N) is 1. The molecule has 0 spiro atoms. The van der Waals surface area contributed by atoms with E-state index in [4.69, 9.17) is 5.73 Å². The van der Waals surface area contributed by atoms with Crippen LogP contribution in [-0.2, 0) is 7.05 Å². The van der Waals surface area contributed by atoms with Crippen LogP contribution < -0.4 is 5.73 Å². The van der Waals surface area contributed by atoms with Crippen molar-refractivity contribution in [3.8, 4) is 11.1 Å². The number of nitrogens with two attached hydrogens (primary N) is 1. The van der Waals surface area contributed by atoms with E-state index in [1.54, 1.807) is 12.1 Å². The van der Waals surface area contributed by atoms with Gasteiger partial charge in [0, 0.05) is 25.0 Å². The van der Waals surface area contributed by atoms with Gasteiger partial charge in [-0.2, -0.15) is 0 Å². The van der Waals surface area contributed by atoms with Crippen LogP contribution in [0.5, 0.6) is 0 Å². The van der Waals surface area contributed by atoms with E-state index in [0.29, 0.717) is 5.69 Å². The quantitative estimate of drug-likeness (QED) is 0.735. The Hall–Kier alpha value is -1.77. The number of anilines is 1. The Morgan fingerprint density at radius 1 is 1.14 bits per heavy atom. The molecule has 2 aromatic rings. The van der Waals surface area contributed by atoms with Gasteiger partial charge >= 0.3 is 0 Å². The minimum atomic E-state index is -0.233. The zero-order valence-electron chi connectivity index (χ0n) is 7.87. The molecule has 1 aromatic heterocycles. The molecule has 3 heteroatoms. The van der Waals surface area contributed by atoms with Crippen molar-refractivity contribution in [3.05, 3.63) is 42.5 Å². The van der Waals surface area contributed by atoms with Crippen LogP contribution in [0.4, 0.5) is 10.1 Å². The molecule has 0 aliphatic carbocycles. The summed E-state index contributed by atoms with van der Waals surface area (Å²) < 4.78 is 14.6. The van der Waals surface area contributed by atoms with Crippen LogP contribution in [0.2, 0.25) is 0 Å². The molecule has 2 N–H and O–H groups in total. The predicted octanol–water partition coefficient (Wildman–Crippen LogP) is 2.41. The Bertz CT molecular complexity index is 443. The summed E-state index contributed by atoms with van der Waals surface area (Å²) in [6.07, 6.45) is 3.75. The Kier molecular flexibility index (Phi) is 2.00. The van der Waals surface area contributed by atoms with Crippen LogP contribution in [0.15, 0.2) is 36.7 Å². The van der Waals surface area contributed by atoms with Crippen LogP contribution in [0, 0.1) is 5.82 Å². The van der Waals surface area contributed by atoms with E-state index in [1.807, 2.05) is 24.0 Å². The molecule has 2 rings (SSSR count). The van der Waals surface area contributed by atoms with Gasteiger partial charge in [-0.1, -0.05) is 12.1 Å². The van der Waals surface area contributed by atoms with Crippen molar-refractivity contribution in [2.45, 2.75) is 0 Å². The lowest BCUT2D eigenvalue weighted by atomic mass is 10.1. The van der Waals surface area contributed by atoms with Gasteiger partial charge in [0.25, 0.3) is 0 Å². The lowest BCUT2D eigenvalue weighted by Crippen LogP contribution is -1.84. The first-order valence-electron chi connectivity index (χ1n) is 4.34. The SMILES string of the molecule is Cn1cc(N)c(-c2ccc(F)cc2)c1. The van der Waals surface area contributed by atoms with Gasteiger partial charge < -0.3 is 10.3 Å². The van der Waals surface area contributed by atoms with E-state index in [9.17, 15) is 4.39 Å². The molecule has 14 heavy (non-hydrogen) atoms. The number of aromatic nitrogens is 1. The first-order chi connectivity index (χ1) is 6.66. The molecular formula is C11H11FN2. The number of benzene rings is 1. The Morgan fingerprint density at radius 3 is 2.29 bits per heavy atom. The van der Waals surface area contributed by atoms with Crippen molar-refractivity contribution in [1.82, 2.24) is 4.57 Å². The first-order valence-corrected chi connectivity index (χ1v) is 4.34. The van der Waals surface area contributed by atoms with E-state index in [0.717, 1.165) is 11.1 Å². The Labute approximate surface area is 81.8 Å². The molecule has 0 radical (unpaired) electrons. The summed E-state index contributed by atoms with van der Waals surface area (Å²) in [6.45, 7) is 0. The summed E-state index contributed by atoms with van der Waals surface area (Å²) in [4.78, 5) is 0. The molecule has 1 aromatic carbocycles. The predicted molar refractivity (Wildman–Crippen MR) is 55.2 cm³/mol. The summed E-state index contributed by atoms with van der Waals surface area (Å²) in [7, 11) is 1.91. The highest BCUT2D eigenvalue weighted by Crippen LogP contribution is 2.26. The van der Waals surface area contributed by atoms with E-state index < -0.39 is 0 Å². The third kappa shape index (κ3) is 1.48. The number of halogens is 1. The summed E-state index contributed by atoms with van der Waals surface area (Å²) in [5.41, 5.74) is 8.38. The summed E-state index contributed by atoms with van der Waals surface area (Å²) in [5.74, 6) is -0.233. The fourth-order valence-corrected chi connectivity index (χ4v) is 1.48. The average Bonchev–Trinajstić information content (AvgIpc) is 2.47. The molecule has 1 heterocycles. The van der Waals surface area contributed by atoms with Gasteiger partial charge in [0.1, 0.15) is 5.82 Å². The molecule has 0 bridgehead atoms. The van der Waals surface area contributed by atoms with Crippen molar-refractivity contribution in [2.24, 2.45) is 7.05 Å². The van der Waals surface area contributed by atoms with Crippen LogP contribution >= 0.6 is 0 Å². The van der Waals surface area contributed by atoms with Crippen molar-refractivity contribution in [1.29, 1.82) is 0 Å². The second-order valence-corrected chi connectivity index (χ2v) is 3.30. The minimum Gasteiger partial charge on any atom is -0.397 e. The molecule has 0 fully saturated rings. The third-order valence-electron chi connectivity index (χ3n) is 2.14. The lowest BCUT2D eigenvalue weighted by molar-refractivity contribution is 0.628. The maximum absolute atomic E-state index is 12.7. The van der Waals surface area contributed by atoms with Gasteiger partial charge in [-0.15, -0.1) is 0 Å². The van der Waals surface area contributed by atoms with Crippen molar-refractivity contribution in [3.63, 3.8) is 0 Å². The van der Waals surface area contributed by atoms with Gasteiger partial charge in [-0.25, -0.2) is 4.39 Å². The summed E-state index contributed by atoms with van der Waals surface area (Å²) in [5, 5.41) is 0. The second-order valence-electron chi connectivity index (χ2n) is 3.30. The highest BCUT2D eigenvalue weighted by molar-refractivity contribution is 5.75. The molecule has 0 unspecified atom stereocenters. The van der Waals surface area contributed by atoms with Crippen molar-refractivity contribution in [2.75, 3.05) is 5.73 Å². The molecule has 72 valence electrons. The van der Waals surface area contributed by atoms with Crippen molar-refractivity contribution < 1.29 is 4.39 Å². The number of hydrogen-bond donors (Lipinski definition) is 1. The maximum Gasteiger partial charge on any atom is 0.123 e. The lowest BCUT2D eigenvalue weighted by Gasteiger charge is -1.98. The largest absolute Gasteiger partial charge is 0.397 e. The van der Waals surface area contributed by atoms with Gasteiger partial charge in [0.05, 0.1) is 5.69 Å². The molecule has 0 amide bonds. The Morgan fingerprint density at radius 2 is 1.79 bits per heavy atom. The zero-order valence-corrected chi connectivity index (χ0v) is 7.87. The average molecular weight is 190 g/mol. The first kappa shape index (κ1) is 8.81. The molecule has 0 aliphatic heterocycles. The maximum atomic E-state index is 12.7. The van der Waals surface area contributed by atoms with Crippen LogP contribution in [0.1, 0.15) is 0 Å². The zero-order chi connectivity index (χ0) is 10.1. The number of hydrogen-bond acceptors (Lipinski definition) is 1. The van der Waals surface area contributed by atoms with Gasteiger partial charge in [-0.3, -0.25) is 0 Å². The van der Waals surface area contributed by atoms with Crippen LogP contribution in [0.25, 0.3) is 11.1 Å². The Balaban J connectivity index is 2.49. The van der Waals surface area contributed by atoms with E-state index in [2.05, 4.69) is 0 Å². The van der Waals surface area contributed by atoms with E-state index >= 15 is 0 Å². The monoisotopic (exact) mass is 190 g/mol. The van der Waals surface area contributed by atoms with E-state index in [-0.39, 0.29) is 5.82 Å². The highest BCUT2D eigenvalue weighted by Gasteiger charge is 2.04. The summed E-state index contributed by atoms with van der Waals surface area (Å²) >= 11 is 0. The molecule has 0 aliphatic rings. The van der Waals surface area contributed by atoms with Crippen LogP contribution in [0.3, 0.4) is 0 Å². The molecule has 2 nitrogen and oxygen atoms in total. The number of rotatable bonds is 1. The van der Waals surface area contributed by atoms with E-state index in [1.165, 1.54) is 12.1 Å². The molecule has 0 saturated heterocycles. The highest BCUT2D eigenvalue weighted by atomic mass is 19.1. The third-order valence-corrected chi connectivity index (χ3v) is 2.14. The molecule has 0 atom stereocenters. The van der Waals surface area contributed by atoms with Crippen molar-refractivity contribution >= 4 is 5.69 Å². The minimum absolute atomic E-state index is 0.233. The topological polar surface area (TPSA) is 30.9 Å². The smallest absolute Gasteiger partial charge is 0.123 e. The fourth-order valence-electron chi connectivity index (χ4n) is 1.48. The summed E-state index contributed by atoms with van der Waals surface area (Å²) in [6, 6.07) is 6.31. The van der Waals surface area contributed by atoms with Gasteiger partial charge in [0.2, 0.25) is 0 Å². The molecular weight excluding hydrogens is 179 g/mol.